The van der Waals surface area contributed by atoms with Crippen LogP contribution in [-0.2, 0) is 9.53 Å². The fraction of sp³-hybridized carbons (Fsp3) is 0.353. The molecule has 1 unspecified atom stereocenters. The standard InChI is InChI=1S/C17H21NO4S/c1-3-21-14-4-6-15(7-5-14)22-11-17(19)18-10-16(20-2)13-8-9-23-12-13/h4-9,12,16H,3,10-11H2,1-2H3,(H,18,19). The third kappa shape index (κ3) is 5.58. The van der Waals surface area contributed by atoms with Crippen molar-refractivity contribution in [3.05, 3.63) is 46.7 Å². The lowest BCUT2D eigenvalue weighted by Gasteiger charge is -2.15. The van der Waals surface area contributed by atoms with Crippen LogP contribution in [0.25, 0.3) is 0 Å². The van der Waals surface area contributed by atoms with Gasteiger partial charge in [0.2, 0.25) is 0 Å². The van der Waals surface area contributed by atoms with E-state index in [9.17, 15) is 4.79 Å². The highest BCUT2D eigenvalue weighted by Crippen LogP contribution is 2.19. The second-order valence-electron chi connectivity index (χ2n) is 4.78. The Balaban J connectivity index is 1.74. The van der Waals surface area contributed by atoms with Gasteiger partial charge in [-0.1, -0.05) is 0 Å². The summed E-state index contributed by atoms with van der Waals surface area (Å²) in [7, 11) is 1.63. The Morgan fingerprint density at radius 3 is 2.43 bits per heavy atom. The Bertz CT molecular complexity index is 583. The highest BCUT2D eigenvalue weighted by Gasteiger charge is 2.12. The highest BCUT2D eigenvalue weighted by molar-refractivity contribution is 7.07. The van der Waals surface area contributed by atoms with Crippen molar-refractivity contribution < 1.29 is 19.0 Å². The lowest BCUT2D eigenvalue weighted by molar-refractivity contribution is -0.123. The molecule has 23 heavy (non-hydrogen) atoms. The molecule has 1 amide bonds. The molecule has 124 valence electrons. The molecule has 1 heterocycles. The van der Waals surface area contributed by atoms with Crippen molar-refractivity contribution in [2.75, 3.05) is 26.9 Å². The Labute approximate surface area is 140 Å². The van der Waals surface area contributed by atoms with E-state index in [1.807, 2.05) is 35.9 Å². The van der Waals surface area contributed by atoms with Crippen molar-refractivity contribution in [1.82, 2.24) is 5.32 Å². The molecule has 0 aliphatic heterocycles. The lowest BCUT2D eigenvalue weighted by atomic mass is 10.2. The van der Waals surface area contributed by atoms with E-state index < -0.39 is 0 Å². The van der Waals surface area contributed by atoms with Gasteiger partial charge >= 0.3 is 0 Å². The number of carbonyl (C=O) groups is 1. The molecule has 0 radical (unpaired) electrons. The maximum absolute atomic E-state index is 11.9. The van der Waals surface area contributed by atoms with Gasteiger partial charge in [0, 0.05) is 13.7 Å². The number of hydrogen-bond donors (Lipinski definition) is 1. The molecule has 0 saturated carbocycles. The summed E-state index contributed by atoms with van der Waals surface area (Å²) in [5.74, 6) is 1.23. The van der Waals surface area contributed by atoms with Crippen LogP contribution in [0.4, 0.5) is 0 Å². The normalized spacial score (nSPS) is 11.7. The number of hydrogen-bond acceptors (Lipinski definition) is 5. The molecule has 1 atom stereocenters. The molecule has 0 aliphatic rings. The summed E-state index contributed by atoms with van der Waals surface area (Å²) in [6.07, 6.45) is -0.143. The van der Waals surface area contributed by atoms with Gasteiger partial charge in [0.1, 0.15) is 17.6 Å². The number of nitrogens with one attached hydrogen (secondary N) is 1. The van der Waals surface area contributed by atoms with E-state index in [1.165, 1.54) is 0 Å². The quantitative estimate of drug-likeness (QED) is 0.765. The van der Waals surface area contributed by atoms with Gasteiger partial charge in [0.25, 0.3) is 5.91 Å². The van der Waals surface area contributed by atoms with E-state index in [4.69, 9.17) is 14.2 Å². The molecule has 2 aromatic rings. The minimum atomic E-state index is -0.184. The van der Waals surface area contributed by atoms with Crippen LogP contribution < -0.4 is 14.8 Å². The number of amides is 1. The number of rotatable bonds is 9. The third-order valence-electron chi connectivity index (χ3n) is 3.19. The number of benzene rings is 1. The number of thiophene rings is 1. The number of ether oxygens (including phenoxy) is 3. The minimum Gasteiger partial charge on any atom is -0.494 e. The maximum Gasteiger partial charge on any atom is 0.258 e. The fourth-order valence-electron chi connectivity index (χ4n) is 2.00. The van der Waals surface area contributed by atoms with Crippen molar-refractivity contribution in [2.24, 2.45) is 0 Å². The van der Waals surface area contributed by atoms with E-state index in [0.717, 1.165) is 11.3 Å². The zero-order valence-electron chi connectivity index (χ0n) is 13.3. The van der Waals surface area contributed by atoms with Crippen molar-refractivity contribution >= 4 is 17.2 Å². The first-order chi connectivity index (χ1) is 11.2. The average Bonchev–Trinajstić information content (AvgIpc) is 3.09. The topological polar surface area (TPSA) is 56.8 Å². The van der Waals surface area contributed by atoms with Gasteiger partial charge in [0.05, 0.1) is 6.61 Å². The van der Waals surface area contributed by atoms with E-state index in [-0.39, 0.29) is 18.6 Å². The summed E-state index contributed by atoms with van der Waals surface area (Å²) >= 11 is 1.60. The number of carbonyl (C=O) groups excluding carboxylic acids is 1. The van der Waals surface area contributed by atoms with Crippen LogP contribution in [0.3, 0.4) is 0 Å². The molecule has 0 saturated heterocycles. The van der Waals surface area contributed by atoms with Crippen LogP contribution in [0.1, 0.15) is 18.6 Å². The summed E-state index contributed by atoms with van der Waals surface area (Å²) in [5, 5.41) is 6.81. The number of methoxy groups -OCH3 is 1. The van der Waals surface area contributed by atoms with Gasteiger partial charge in [0.15, 0.2) is 6.61 Å². The van der Waals surface area contributed by atoms with Crippen molar-refractivity contribution in [3.8, 4) is 11.5 Å². The van der Waals surface area contributed by atoms with Gasteiger partial charge in [-0.3, -0.25) is 4.79 Å². The van der Waals surface area contributed by atoms with Crippen LogP contribution in [0.5, 0.6) is 11.5 Å². The first-order valence-electron chi connectivity index (χ1n) is 7.40. The van der Waals surface area contributed by atoms with Gasteiger partial charge < -0.3 is 19.5 Å². The minimum absolute atomic E-state index is 0.0337. The highest BCUT2D eigenvalue weighted by atomic mass is 32.1. The molecule has 5 nitrogen and oxygen atoms in total. The fourth-order valence-corrected chi connectivity index (χ4v) is 2.70. The summed E-state index contributed by atoms with van der Waals surface area (Å²) < 4.78 is 16.2. The Morgan fingerprint density at radius 1 is 1.17 bits per heavy atom. The van der Waals surface area contributed by atoms with E-state index in [2.05, 4.69) is 5.32 Å². The zero-order chi connectivity index (χ0) is 16.5. The molecule has 1 N–H and O–H groups in total. The molecule has 0 aliphatic carbocycles. The zero-order valence-corrected chi connectivity index (χ0v) is 14.1. The van der Waals surface area contributed by atoms with E-state index in [0.29, 0.717) is 18.9 Å². The van der Waals surface area contributed by atoms with Crippen LogP contribution in [0, 0.1) is 0 Å². The van der Waals surface area contributed by atoms with Crippen LogP contribution in [-0.4, -0.2) is 32.8 Å². The molecule has 0 fully saturated rings. The second-order valence-corrected chi connectivity index (χ2v) is 5.56. The predicted octanol–water partition coefficient (Wildman–Crippen LogP) is 3.03. The second kappa shape index (κ2) is 9.17. The Hall–Kier alpha value is -2.05. The van der Waals surface area contributed by atoms with Crippen molar-refractivity contribution in [3.63, 3.8) is 0 Å². The summed E-state index contributed by atoms with van der Waals surface area (Å²) in [6, 6.07) is 9.17. The molecule has 2 rings (SSSR count). The van der Waals surface area contributed by atoms with E-state index >= 15 is 0 Å². The predicted molar refractivity (Wildman–Crippen MR) is 90.2 cm³/mol. The average molecular weight is 335 g/mol. The first-order valence-corrected chi connectivity index (χ1v) is 8.34. The van der Waals surface area contributed by atoms with Crippen LogP contribution >= 0.6 is 11.3 Å². The maximum atomic E-state index is 11.9. The van der Waals surface area contributed by atoms with Crippen molar-refractivity contribution in [1.29, 1.82) is 0 Å². The molecule has 6 heteroatoms. The van der Waals surface area contributed by atoms with Gasteiger partial charge in [-0.25, -0.2) is 0 Å². The Morgan fingerprint density at radius 2 is 1.87 bits per heavy atom. The summed E-state index contributed by atoms with van der Waals surface area (Å²) in [6.45, 7) is 2.93. The summed E-state index contributed by atoms with van der Waals surface area (Å²) in [4.78, 5) is 11.9. The SMILES string of the molecule is CCOc1ccc(OCC(=O)NCC(OC)c2ccsc2)cc1. The Kier molecular flexibility index (Phi) is 6.90. The summed E-state index contributed by atoms with van der Waals surface area (Å²) in [5.41, 5.74) is 1.06. The molecule has 0 bridgehead atoms. The molecule has 0 spiro atoms. The molecular weight excluding hydrogens is 314 g/mol. The van der Waals surface area contributed by atoms with Crippen molar-refractivity contribution in [2.45, 2.75) is 13.0 Å². The van der Waals surface area contributed by atoms with Gasteiger partial charge in [-0.2, -0.15) is 11.3 Å². The van der Waals surface area contributed by atoms with Crippen LogP contribution in [0.15, 0.2) is 41.1 Å². The third-order valence-corrected chi connectivity index (χ3v) is 3.89. The smallest absolute Gasteiger partial charge is 0.258 e. The molecular formula is C17H21NO4S. The van der Waals surface area contributed by atoms with E-state index in [1.54, 1.807) is 30.6 Å². The lowest BCUT2D eigenvalue weighted by Crippen LogP contribution is -2.32. The van der Waals surface area contributed by atoms with Crippen LogP contribution in [0.2, 0.25) is 0 Å². The monoisotopic (exact) mass is 335 g/mol. The first kappa shape index (κ1) is 17.3. The molecule has 1 aromatic carbocycles. The van der Waals surface area contributed by atoms with Gasteiger partial charge in [-0.15, -0.1) is 0 Å². The molecule has 1 aromatic heterocycles. The van der Waals surface area contributed by atoms with Gasteiger partial charge in [-0.05, 0) is 53.6 Å². The largest absolute Gasteiger partial charge is 0.494 e.